The molecule has 1 atom stereocenters. The fourth-order valence-electron chi connectivity index (χ4n) is 1.38. The second kappa shape index (κ2) is 4.66. The molecule has 1 aromatic rings. The van der Waals surface area contributed by atoms with Gasteiger partial charge in [0.1, 0.15) is 0 Å². The first-order valence-corrected chi connectivity index (χ1v) is 4.48. The fourth-order valence-corrected chi connectivity index (χ4v) is 1.38. The van der Waals surface area contributed by atoms with E-state index in [-0.39, 0.29) is 0 Å². The number of benzene rings is 1. The largest absolute Gasteiger partial charge is 0.397 e. The van der Waals surface area contributed by atoms with Crippen LogP contribution in [0.2, 0.25) is 0 Å². The summed E-state index contributed by atoms with van der Waals surface area (Å²) in [6, 6.07) is 2.63. The zero-order valence-corrected chi connectivity index (χ0v) is 8.37. The summed E-state index contributed by atoms with van der Waals surface area (Å²) in [5.41, 5.74) is 3.12. The van der Waals surface area contributed by atoms with E-state index >= 15 is 0 Å². The van der Waals surface area contributed by atoms with Crippen LogP contribution in [0, 0.1) is 15.9 Å². The molecule has 0 fully saturated rings. The lowest BCUT2D eigenvalue weighted by atomic mass is 9.97. The van der Waals surface area contributed by atoms with E-state index in [9.17, 15) is 27.7 Å². The Kier molecular flexibility index (Phi) is 3.66. The van der Waals surface area contributed by atoms with Crippen molar-refractivity contribution in [1.82, 2.24) is 0 Å². The summed E-state index contributed by atoms with van der Waals surface area (Å²) in [5.74, 6) is -3.74. The molecule has 2 N–H and O–H groups in total. The Bertz CT molecular complexity index is 433. The third-order valence-electron chi connectivity index (χ3n) is 2.21. The zero-order chi connectivity index (χ0) is 13.2. The number of hydrogen-bond donors (Lipinski definition) is 1. The van der Waals surface area contributed by atoms with Crippen LogP contribution in [-0.4, -0.2) is 17.6 Å². The summed E-state index contributed by atoms with van der Waals surface area (Å²) >= 11 is 0. The van der Waals surface area contributed by atoms with Crippen LogP contribution in [0.4, 0.5) is 23.2 Å². The monoisotopic (exact) mass is 252 g/mol. The predicted octanol–water partition coefficient (Wildman–Crippen LogP) is 2.34. The van der Waals surface area contributed by atoms with Crippen LogP contribution in [0.15, 0.2) is 18.2 Å². The first-order valence-electron chi connectivity index (χ1n) is 4.48. The summed E-state index contributed by atoms with van der Waals surface area (Å²) in [6.45, 7) is -0.873. The number of nitrogens with two attached hydrogens (primary N) is 1. The summed E-state index contributed by atoms with van der Waals surface area (Å²) in [4.78, 5) is 9.31. The SMILES string of the molecule is NCC(c1cccc([N+](=O)[O-])c1F)C(F)(F)F. The van der Waals surface area contributed by atoms with Gasteiger partial charge < -0.3 is 5.73 Å². The second-order valence-corrected chi connectivity index (χ2v) is 3.27. The molecule has 0 aliphatic heterocycles. The predicted molar refractivity (Wildman–Crippen MR) is 50.9 cm³/mol. The highest BCUT2D eigenvalue weighted by atomic mass is 19.4. The highest BCUT2D eigenvalue weighted by Crippen LogP contribution is 2.37. The number of nitro benzene ring substituents is 1. The lowest BCUT2D eigenvalue weighted by molar-refractivity contribution is -0.387. The van der Waals surface area contributed by atoms with Crippen molar-refractivity contribution in [1.29, 1.82) is 0 Å². The molecule has 0 saturated heterocycles. The minimum Gasteiger partial charge on any atom is -0.330 e. The van der Waals surface area contributed by atoms with E-state index in [1.54, 1.807) is 0 Å². The minimum absolute atomic E-state index is 0.794. The van der Waals surface area contributed by atoms with E-state index < -0.39 is 40.6 Å². The van der Waals surface area contributed by atoms with Crippen LogP contribution in [0.1, 0.15) is 11.5 Å². The molecule has 17 heavy (non-hydrogen) atoms. The molecule has 0 aromatic heterocycles. The molecule has 1 aromatic carbocycles. The summed E-state index contributed by atoms with van der Waals surface area (Å²) < 4.78 is 51.0. The average molecular weight is 252 g/mol. The number of nitrogens with zero attached hydrogens (tertiary/aromatic N) is 1. The normalized spacial score (nSPS) is 13.5. The Labute approximate surface area is 93.2 Å². The molecular formula is C9H8F4N2O2. The maximum Gasteiger partial charge on any atom is 0.397 e. The minimum atomic E-state index is -4.75. The molecule has 0 aliphatic rings. The molecule has 8 heteroatoms. The van der Waals surface area contributed by atoms with E-state index in [2.05, 4.69) is 0 Å². The molecule has 0 heterocycles. The third kappa shape index (κ3) is 2.70. The maximum absolute atomic E-state index is 13.5. The van der Waals surface area contributed by atoms with Gasteiger partial charge in [0.25, 0.3) is 0 Å². The number of hydrogen-bond acceptors (Lipinski definition) is 3. The Morgan fingerprint density at radius 2 is 2.00 bits per heavy atom. The highest BCUT2D eigenvalue weighted by Gasteiger charge is 2.42. The third-order valence-corrected chi connectivity index (χ3v) is 2.21. The van der Waals surface area contributed by atoms with Gasteiger partial charge in [-0.05, 0) is 0 Å². The van der Waals surface area contributed by atoms with Crippen molar-refractivity contribution in [3.63, 3.8) is 0 Å². The number of rotatable bonds is 3. The molecule has 4 nitrogen and oxygen atoms in total. The number of halogens is 4. The first-order chi connectivity index (χ1) is 7.79. The van der Waals surface area contributed by atoms with E-state index in [4.69, 9.17) is 5.73 Å². The van der Waals surface area contributed by atoms with Gasteiger partial charge in [0.05, 0.1) is 10.8 Å². The van der Waals surface area contributed by atoms with E-state index in [1.165, 1.54) is 0 Å². The standard InChI is InChI=1S/C9H8F4N2O2/c10-8-5(6(4-14)9(11,12)13)2-1-3-7(8)15(16)17/h1-3,6H,4,14H2. The maximum atomic E-state index is 13.5. The lowest BCUT2D eigenvalue weighted by Crippen LogP contribution is -2.29. The zero-order valence-electron chi connectivity index (χ0n) is 8.37. The Balaban J connectivity index is 3.31. The van der Waals surface area contributed by atoms with Gasteiger partial charge in [0.15, 0.2) is 0 Å². The van der Waals surface area contributed by atoms with Crippen molar-refractivity contribution in [2.75, 3.05) is 6.54 Å². The van der Waals surface area contributed by atoms with Crippen molar-refractivity contribution in [3.8, 4) is 0 Å². The Hall–Kier alpha value is -1.70. The van der Waals surface area contributed by atoms with Gasteiger partial charge in [-0.1, -0.05) is 12.1 Å². The van der Waals surface area contributed by atoms with Crippen LogP contribution in [0.3, 0.4) is 0 Å². The van der Waals surface area contributed by atoms with Crippen LogP contribution < -0.4 is 5.73 Å². The molecule has 0 bridgehead atoms. The first kappa shape index (κ1) is 13.4. The van der Waals surface area contributed by atoms with Gasteiger partial charge in [-0.25, -0.2) is 0 Å². The quantitative estimate of drug-likeness (QED) is 0.510. The van der Waals surface area contributed by atoms with Gasteiger partial charge in [-0.15, -0.1) is 0 Å². The Morgan fingerprint density at radius 1 is 1.41 bits per heavy atom. The molecule has 0 aliphatic carbocycles. The lowest BCUT2D eigenvalue weighted by Gasteiger charge is -2.19. The second-order valence-electron chi connectivity index (χ2n) is 3.27. The molecular weight excluding hydrogens is 244 g/mol. The van der Waals surface area contributed by atoms with Gasteiger partial charge in [0.2, 0.25) is 5.82 Å². The summed E-state index contributed by atoms with van der Waals surface area (Å²) in [6.07, 6.45) is -4.75. The number of alkyl halides is 3. The number of nitro groups is 1. The highest BCUT2D eigenvalue weighted by molar-refractivity contribution is 5.39. The summed E-state index contributed by atoms with van der Waals surface area (Å²) in [7, 11) is 0. The van der Waals surface area contributed by atoms with E-state index in [1.807, 2.05) is 0 Å². The van der Waals surface area contributed by atoms with Crippen LogP contribution >= 0.6 is 0 Å². The fraction of sp³-hybridized carbons (Fsp3) is 0.333. The molecule has 1 unspecified atom stereocenters. The topological polar surface area (TPSA) is 69.2 Å². The van der Waals surface area contributed by atoms with Crippen molar-refractivity contribution in [2.45, 2.75) is 12.1 Å². The van der Waals surface area contributed by atoms with Gasteiger partial charge in [0, 0.05) is 18.2 Å². The van der Waals surface area contributed by atoms with Gasteiger partial charge in [-0.3, -0.25) is 10.1 Å². The van der Waals surface area contributed by atoms with Gasteiger partial charge in [-0.2, -0.15) is 17.6 Å². The Morgan fingerprint density at radius 3 is 2.41 bits per heavy atom. The average Bonchev–Trinajstić information content (AvgIpc) is 2.19. The van der Waals surface area contributed by atoms with E-state index in [0.29, 0.717) is 0 Å². The van der Waals surface area contributed by atoms with Crippen LogP contribution in [0.5, 0.6) is 0 Å². The van der Waals surface area contributed by atoms with Crippen LogP contribution in [-0.2, 0) is 0 Å². The van der Waals surface area contributed by atoms with Gasteiger partial charge >= 0.3 is 11.9 Å². The van der Waals surface area contributed by atoms with E-state index in [0.717, 1.165) is 18.2 Å². The molecule has 1 rings (SSSR count). The molecule has 94 valence electrons. The van der Waals surface area contributed by atoms with Crippen LogP contribution in [0.25, 0.3) is 0 Å². The molecule has 0 radical (unpaired) electrons. The molecule has 0 saturated carbocycles. The molecule has 0 spiro atoms. The van der Waals surface area contributed by atoms with Crippen molar-refractivity contribution in [3.05, 3.63) is 39.7 Å². The van der Waals surface area contributed by atoms with Crippen molar-refractivity contribution >= 4 is 5.69 Å². The smallest absolute Gasteiger partial charge is 0.330 e. The summed E-state index contributed by atoms with van der Waals surface area (Å²) in [5, 5.41) is 10.4. The van der Waals surface area contributed by atoms with Crippen molar-refractivity contribution in [2.24, 2.45) is 5.73 Å². The van der Waals surface area contributed by atoms with Crippen molar-refractivity contribution < 1.29 is 22.5 Å². The molecule has 0 amide bonds.